The van der Waals surface area contributed by atoms with Crippen LogP contribution < -0.4 is 5.32 Å². The highest BCUT2D eigenvalue weighted by atomic mass is 14.9. The number of hydrogen-bond acceptors (Lipinski definition) is 1. The first-order valence-corrected chi connectivity index (χ1v) is 5.83. The normalized spacial score (nSPS) is 20.6. The van der Waals surface area contributed by atoms with Gasteiger partial charge >= 0.3 is 0 Å². The van der Waals surface area contributed by atoms with Crippen LogP contribution in [0.3, 0.4) is 0 Å². The third-order valence-electron chi connectivity index (χ3n) is 3.02. The van der Waals surface area contributed by atoms with Gasteiger partial charge in [0.05, 0.1) is 0 Å². The number of hydrogen-bond donors (Lipinski definition) is 1. The van der Waals surface area contributed by atoms with Gasteiger partial charge in [0.2, 0.25) is 0 Å². The van der Waals surface area contributed by atoms with Crippen molar-refractivity contribution in [2.45, 2.75) is 39.0 Å². The summed E-state index contributed by atoms with van der Waals surface area (Å²) in [4.78, 5) is 0. The first-order valence-electron chi connectivity index (χ1n) is 5.83. The molecule has 0 bridgehead atoms. The molecular weight excluding hydrogens is 182 g/mol. The predicted molar refractivity (Wildman–Crippen MR) is 65.3 cm³/mol. The molecule has 0 radical (unpaired) electrons. The van der Waals surface area contributed by atoms with E-state index in [-0.39, 0.29) is 0 Å². The Balaban J connectivity index is 2.15. The Morgan fingerprint density at radius 2 is 2.20 bits per heavy atom. The minimum atomic E-state index is 1.04. The van der Waals surface area contributed by atoms with Crippen molar-refractivity contribution in [1.29, 1.82) is 0 Å². The molecule has 0 spiro atoms. The summed E-state index contributed by atoms with van der Waals surface area (Å²) in [6, 6.07) is 0. The van der Waals surface area contributed by atoms with Gasteiger partial charge in [-0.3, -0.25) is 0 Å². The highest BCUT2D eigenvalue weighted by molar-refractivity contribution is 5.39. The van der Waals surface area contributed by atoms with Crippen LogP contribution in [0.2, 0.25) is 0 Å². The van der Waals surface area contributed by atoms with Gasteiger partial charge in [-0.15, -0.1) is 0 Å². The Kier molecular flexibility index (Phi) is 3.10. The molecule has 2 rings (SSSR count). The highest BCUT2D eigenvalue weighted by Crippen LogP contribution is 2.26. The summed E-state index contributed by atoms with van der Waals surface area (Å²) in [6.07, 6.45) is 12.6. The second-order valence-electron chi connectivity index (χ2n) is 4.30. The first-order chi connectivity index (χ1) is 7.29. The summed E-state index contributed by atoms with van der Waals surface area (Å²) in [5.74, 6) is 0. The van der Waals surface area contributed by atoms with Crippen molar-refractivity contribution >= 4 is 0 Å². The summed E-state index contributed by atoms with van der Waals surface area (Å²) in [5.41, 5.74) is 5.45. The molecule has 1 aliphatic carbocycles. The van der Waals surface area contributed by atoms with Crippen molar-refractivity contribution in [3.63, 3.8) is 0 Å². The zero-order valence-corrected chi connectivity index (χ0v) is 9.47. The van der Waals surface area contributed by atoms with Crippen molar-refractivity contribution < 1.29 is 0 Å². The Morgan fingerprint density at radius 3 is 3.00 bits per heavy atom. The van der Waals surface area contributed by atoms with E-state index in [0.717, 1.165) is 25.0 Å². The molecular formula is C14H19N. The molecule has 0 saturated heterocycles. The SMILES string of the molecule is C=C1CCC2=C(CC=C(CCC)C=C2)N1. The Bertz CT molecular complexity index is 356. The van der Waals surface area contributed by atoms with Crippen LogP contribution in [-0.2, 0) is 0 Å². The quantitative estimate of drug-likeness (QED) is 0.716. The Labute approximate surface area is 92.3 Å². The van der Waals surface area contributed by atoms with Gasteiger partial charge in [0.25, 0.3) is 0 Å². The van der Waals surface area contributed by atoms with E-state index in [9.17, 15) is 0 Å². The molecule has 0 aromatic carbocycles. The second kappa shape index (κ2) is 4.52. The van der Waals surface area contributed by atoms with Crippen molar-refractivity contribution in [1.82, 2.24) is 5.32 Å². The summed E-state index contributed by atoms with van der Waals surface area (Å²) in [6.45, 7) is 6.23. The molecule has 1 nitrogen and oxygen atoms in total. The van der Waals surface area contributed by atoms with Gasteiger partial charge in [-0.25, -0.2) is 0 Å². The molecule has 1 N–H and O–H groups in total. The minimum absolute atomic E-state index is 1.04. The van der Waals surface area contributed by atoms with Crippen molar-refractivity contribution in [3.05, 3.63) is 47.3 Å². The summed E-state index contributed by atoms with van der Waals surface area (Å²) >= 11 is 0. The predicted octanol–water partition coefficient (Wildman–Crippen LogP) is 3.82. The number of rotatable bonds is 2. The van der Waals surface area contributed by atoms with Crippen LogP contribution in [0.1, 0.15) is 39.0 Å². The molecule has 2 aliphatic rings. The van der Waals surface area contributed by atoms with E-state index in [2.05, 4.69) is 37.0 Å². The van der Waals surface area contributed by atoms with E-state index in [1.54, 1.807) is 0 Å². The van der Waals surface area contributed by atoms with E-state index in [4.69, 9.17) is 0 Å². The van der Waals surface area contributed by atoms with E-state index >= 15 is 0 Å². The average molecular weight is 201 g/mol. The number of allylic oxidation sites excluding steroid dienone is 6. The first kappa shape index (κ1) is 10.3. The van der Waals surface area contributed by atoms with Crippen LogP contribution in [0, 0.1) is 0 Å². The monoisotopic (exact) mass is 201 g/mol. The minimum Gasteiger partial charge on any atom is -0.362 e. The van der Waals surface area contributed by atoms with Crippen LogP contribution in [0.15, 0.2) is 47.3 Å². The zero-order valence-electron chi connectivity index (χ0n) is 9.47. The maximum Gasteiger partial charge on any atom is 0.0219 e. The van der Waals surface area contributed by atoms with Crippen LogP contribution in [0.5, 0.6) is 0 Å². The molecule has 0 unspecified atom stereocenters. The van der Waals surface area contributed by atoms with E-state index < -0.39 is 0 Å². The lowest BCUT2D eigenvalue weighted by atomic mass is 10.0. The molecule has 1 heterocycles. The van der Waals surface area contributed by atoms with Crippen molar-refractivity contribution in [2.24, 2.45) is 0 Å². The van der Waals surface area contributed by atoms with Crippen LogP contribution in [0.25, 0.3) is 0 Å². The van der Waals surface area contributed by atoms with Gasteiger partial charge in [0.15, 0.2) is 0 Å². The van der Waals surface area contributed by atoms with Gasteiger partial charge in [-0.2, -0.15) is 0 Å². The van der Waals surface area contributed by atoms with Crippen LogP contribution in [-0.4, -0.2) is 0 Å². The average Bonchev–Trinajstić information content (AvgIpc) is 2.42. The zero-order chi connectivity index (χ0) is 10.7. The van der Waals surface area contributed by atoms with Gasteiger partial charge in [-0.1, -0.05) is 43.7 Å². The summed E-state index contributed by atoms with van der Waals surface area (Å²) in [5, 5.41) is 3.41. The van der Waals surface area contributed by atoms with E-state index in [1.165, 1.54) is 29.7 Å². The van der Waals surface area contributed by atoms with Crippen molar-refractivity contribution in [3.8, 4) is 0 Å². The fourth-order valence-corrected chi connectivity index (χ4v) is 2.14. The van der Waals surface area contributed by atoms with Gasteiger partial charge in [-0.05, 0) is 24.8 Å². The fraction of sp³-hybridized carbons (Fsp3) is 0.429. The lowest BCUT2D eigenvalue weighted by Gasteiger charge is -2.20. The molecule has 80 valence electrons. The summed E-state index contributed by atoms with van der Waals surface area (Å²) < 4.78 is 0. The third kappa shape index (κ3) is 2.41. The molecule has 0 fully saturated rings. The molecule has 0 aromatic heterocycles. The standard InChI is InChI=1S/C14H19N/c1-3-4-12-6-9-13-8-5-11(2)15-14(13)10-7-12/h6-7,9,15H,2-5,8,10H2,1H3. The largest absolute Gasteiger partial charge is 0.362 e. The molecule has 1 aliphatic heterocycles. The molecule has 0 atom stereocenters. The molecule has 0 saturated carbocycles. The van der Waals surface area contributed by atoms with E-state index in [1.807, 2.05) is 0 Å². The van der Waals surface area contributed by atoms with Gasteiger partial charge in [0.1, 0.15) is 0 Å². The smallest absolute Gasteiger partial charge is 0.0219 e. The third-order valence-corrected chi connectivity index (χ3v) is 3.02. The van der Waals surface area contributed by atoms with Crippen LogP contribution >= 0.6 is 0 Å². The molecule has 0 aromatic rings. The molecule has 15 heavy (non-hydrogen) atoms. The van der Waals surface area contributed by atoms with E-state index in [0.29, 0.717) is 0 Å². The lowest BCUT2D eigenvalue weighted by molar-refractivity contribution is 0.755. The van der Waals surface area contributed by atoms with Crippen LogP contribution in [0.4, 0.5) is 0 Å². The highest BCUT2D eigenvalue weighted by Gasteiger charge is 2.13. The van der Waals surface area contributed by atoms with Gasteiger partial charge in [0, 0.05) is 17.8 Å². The fourth-order valence-electron chi connectivity index (χ4n) is 2.14. The van der Waals surface area contributed by atoms with Gasteiger partial charge < -0.3 is 5.32 Å². The topological polar surface area (TPSA) is 12.0 Å². The Morgan fingerprint density at radius 1 is 1.33 bits per heavy atom. The number of nitrogens with one attached hydrogen (secondary N) is 1. The summed E-state index contributed by atoms with van der Waals surface area (Å²) in [7, 11) is 0. The second-order valence-corrected chi connectivity index (χ2v) is 4.30. The molecule has 0 amide bonds. The Hall–Kier alpha value is -1.24. The molecule has 1 heteroatoms. The van der Waals surface area contributed by atoms with Crippen molar-refractivity contribution in [2.75, 3.05) is 0 Å². The maximum atomic E-state index is 4.00. The lowest BCUT2D eigenvalue weighted by Crippen LogP contribution is -2.18. The maximum absolute atomic E-state index is 4.00.